The largest absolute Gasteiger partial charge is 0.507 e. The van der Waals surface area contributed by atoms with Gasteiger partial charge in [-0.2, -0.15) is 0 Å². The standard InChI is InChI=1S/C37H45NO12/c1-16-11-10-12-17(2)36(46)38-23-15-24(40)26-27(32(23)44)31(43)21(6)34-28(26)35(45)37(8,50-34)48-14-13-25(47-9)18(3)33(49-22(7)39)20(5)30(42)19(4)29(16)41/h10-16,18-20,25,29-30,33,41-43H,1-9H3,(H,38,46)/b11-10-,14-13?,17-12-/t16-,18+,19+,20+,25-,29-,30+,33+,37-/m0/s1. The summed E-state index contributed by atoms with van der Waals surface area (Å²) in [6.45, 7) is 12.3. The summed E-state index contributed by atoms with van der Waals surface area (Å²) in [7, 11) is 1.42. The van der Waals surface area contributed by atoms with Crippen LogP contribution in [0.15, 0.2) is 47.9 Å². The van der Waals surface area contributed by atoms with E-state index < -0.39 is 100 Å². The summed E-state index contributed by atoms with van der Waals surface area (Å²) in [6.07, 6.45) is 4.31. The van der Waals surface area contributed by atoms with Gasteiger partial charge in [0.2, 0.25) is 5.78 Å². The van der Waals surface area contributed by atoms with Crippen molar-refractivity contribution in [3.8, 4) is 11.5 Å². The number of hydrogen-bond acceptors (Lipinski definition) is 12. The Hall–Kier alpha value is -4.59. The van der Waals surface area contributed by atoms with Crippen molar-refractivity contribution in [2.45, 2.75) is 85.6 Å². The molecule has 0 saturated heterocycles. The fourth-order valence-corrected chi connectivity index (χ4v) is 6.62. The first-order valence-electron chi connectivity index (χ1n) is 16.4. The van der Waals surface area contributed by atoms with Gasteiger partial charge in [0.05, 0.1) is 47.0 Å². The minimum absolute atomic E-state index is 0.00885. The van der Waals surface area contributed by atoms with Crippen LogP contribution in [0.2, 0.25) is 0 Å². The van der Waals surface area contributed by atoms with Crippen LogP contribution in [-0.4, -0.2) is 81.9 Å². The second-order valence-electron chi connectivity index (χ2n) is 13.4. The molecule has 1 amide bonds. The van der Waals surface area contributed by atoms with E-state index in [-0.39, 0.29) is 28.0 Å². The van der Waals surface area contributed by atoms with Gasteiger partial charge in [-0.25, -0.2) is 0 Å². The van der Waals surface area contributed by atoms with E-state index in [1.165, 1.54) is 47.0 Å². The third-order valence-electron chi connectivity index (χ3n) is 9.80. The number of aromatic hydroxyl groups is 1. The molecule has 5 bridgehead atoms. The van der Waals surface area contributed by atoms with Crippen molar-refractivity contribution in [2.24, 2.45) is 23.7 Å². The van der Waals surface area contributed by atoms with Crippen molar-refractivity contribution in [1.82, 2.24) is 5.32 Å². The molecular weight excluding hydrogens is 650 g/mol. The number of rotatable bonds is 2. The van der Waals surface area contributed by atoms with Crippen LogP contribution in [0.1, 0.15) is 85.1 Å². The van der Waals surface area contributed by atoms with E-state index in [2.05, 4.69) is 5.32 Å². The summed E-state index contributed by atoms with van der Waals surface area (Å²) < 4.78 is 23.1. The Morgan fingerprint density at radius 3 is 2.22 bits per heavy atom. The molecule has 0 unspecified atom stereocenters. The number of allylic oxidation sites excluding steroid dienone is 4. The fraction of sp³-hybridized carbons (Fsp3) is 0.486. The molecule has 1 aromatic carbocycles. The lowest BCUT2D eigenvalue weighted by Gasteiger charge is -2.38. The van der Waals surface area contributed by atoms with Gasteiger partial charge in [0.25, 0.3) is 11.7 Å². The second-order valence-corrected chi connectivity index (χ2v) is 13.4. The molecule has 5 rings (SSSR count). The highest BCUT2D eigenvalue weighted by Crippen LogP contribution is 2.47. The number of hydrogen-bond donors (Lipinski definition) is 4. The van der Waals surface area contributed by atoms with Crippen LogP contribution in [0.4, 0.5) is 0 Å². The predicted molar refractivity (Wildman–Crippen MR) is 179 cm³/mol. The number of fused-ring (bicyclic) bond motifs is 14. The third-order valence-corrected chi connectivity index (χ3v) is 9.80. The number of esters is 1. The van der Waals surface area contributed by atoms with Crippen molar-refractivity contribution in [2.75, 3.05) is 7.11 Å². The molecule has 4 aliphatic rings. The molecule has 1 aliphatic carbocycles. The summed E-state index contributed by atoms with van der Waals surface area (Å²) in [4.78, 5) is 66.2. The zero-order chi connectivity index (χ0) is 37.4. The summed E-state index contributed by atoms with van der Waals surface area (Å²) in [5.41, 5.74) is -1.31. The second kappa shape index (κ2) is 14.7. The molecule has 1 aromatic rings. The number of ether oxygens (including phenoxy) is 4. The van der Waals surface area contributed by atoms with Gasteiger partial charge < -0.3 is 39.6 Å². The van der Waals surface area contributed by atoms with Crippen LogP contribution >= 0.6 is 0 Å². The normalized spacial score (nSPS) is 33.8. The highest BCUT2D eigenvalue weighted by atomic mass is 16.7. The number of phenolic OH excluding ortho intramolecular Hbond substituents is 1. The number of ketones is 3. The van der Waals surface area contributed by atoms with E-state index in [1.807, 2.05) is 0 Å². The first-order chi connectivity index (χ1) is 23.4. The Kier molecular flexibility index (Phi) is 11.2. The summed E-state index contributed by atoms with van der Waals surface area (Å²) in [6, 6.07) is 0. The molecule has 50 heavy (non-hydrogen) atoms. The van der Waals surface area contributed by atoms with Crippen LogP contribution in [0, 0.1) is 30.6 Å². The first kappa shape index (κ1) is 38.2. The Balaban J connectivity index is 1.83. The Labute approximate surface area is 290 Å². The van der Waals surface area contributed by atoms with Gasteiger partial charge in [-0.05, 0) is 19.9 Å². The molecule has 0 aromatic heterocycles. The summed E-state index contributed by atoms with van der Waals surface area (Å²) in [5.74, 6) is -8.99. The zero-order valence-electron chi connectivity index (χ0n) is 29.6. The van der Waals surface area contributed by atoms with Gasteiger partial charge in [0.15, 0.2) is 5.78 Å². The lowest BCUT2D eigenvalue weighted by molar-refractivity contribution is -0.160. The van der Waals surface area contributed by atoms with Crippen molar-refractivity contribution in [3.63, 3.8) is 0 Å². The number of amides is 1. The maximum absolute atomic E-state index is 13.9. The number of Topliss-reactive ketones (excluding diaryl/α,β-unsaturated/α-hetero) is 2. The van der Waals surface area contributed by atoms with Crippen LogP contribution in [0.3, 0.4) is 0 Å². The predicted octanol–water partition coefficient (Wildman–Crippen LogP) is 3.63. The quantitative estimate of drug-likeness (QED) is 0.329. The van der Waals surface area contributed by atoms with Crippen molar-refractivity contribution >= 4 is 29.2 Å². The van der Waals surface area contributed by atoms with Gasteiger partial charge in [-0.3, -0.25) is 24.0 Å². The van der Waals surface area contributed by atoms with Crippen molar-refractivity contribution in [1.29, 1.82) is 0 Å². The van der Waals surface area contributed by atoms with Crippen LogP contribution in [0.5, 0.6) is 11.5 Å². The van der Waals surface area contributed by atoms with Gasteiger partial charge in [0.1, 0.15) is 17.6 Å². The summed E-state index contributed by atoms with van der Waals surface area (Å²) in [5, 5.41) is 36.1. The Bertz CT molecular complexity index is 1720. The van der Waals surface area contributed by atoms with Crippen LogP contribution < -0.4 is 10.1 Å². The molecule has 13 nitrogen and oxygen atoms in total. The number of aliphatic hydroxyl groups is 2. The van der Waals surface area contributed by atoms with Gasteiger partial charge in [-0.1, -0.05) is 45.9 Å². The summed E-state index contributed by atoms with van der Waals surface area (Å²) >= 11 is 0. The molecule has 3 heterocycles. The number of carbonyl (C=O) groups is 5. The first-order valence-corrected chi connectivity index (χ1v) is 16.4. The molecule has 0 saturated carbocycles. The number of methoxy groups -OCH3 is 1. The monoisotopic (exact) mass is 695 g/mol. The fourth-order valence-electron chi connectivity index (χ4n) is 6.62. The highest BCUT2D eigenvalue weighted by Gasteiger charge is 2.51. The van der Waals surface area contributed by atoms with E-state index in [9.17, 15) is 39.3 Å². The molecule has 4 N–H and O–H groups in total. The number of nitrogens with one attached hydrogen (secondary N) is 1. The van der Waals surface area contributed by atoms with Gasteiger partial charge >= 0.3 is 11.8 Å². The molecule has 13 heteroatoms. The van der Waals surface area contributed by atoms with E-state index in [0.29, 0.717) is 0 Å². The molecular formula is C37H45NO12. The molecule has 270 valence electrons. The SMILES string of the molecule is CO[C@H]1C=CO[C@@]2(C)Oc3c(C)c(O)c4c(c3C2=O)C(=O)C=C(NC(=O)/C(C)=C\C=C/[C@H](C)[C@H](O)[C@@H](C)[C@@H](O)[C@@H](C)[C@H](OC(C)=O)[C@@H]1C)C4=O. The highest BCUT2D eigenvalue weighted by molar-refractivity contribution is 6.30. The average molecular weight is 696 g/mol. The van der Waals surface area contributed by atoms with Crippen LogP contribution in [0.25, 0.3) is 0 Å². The maximum Gasteiger partial charge on any atom is 0.312 e. The van der Waals surface area contributed by atoms with Crippen LogP contribution in [-0.2, 0) is 23.8 Å². The minimum Gasteiger partial charge on any atom is -0.507 e. The number of aliphatic hydroxyl groups excluding tert-OH is 2. The average Bonchev–Trinajstić information content (AvgIpc) is 3.33. The van der Waals surface area contributed by atoms with E-state index in [4.69, 9.17) is 18.9 Å². The number of phenols is 1. The third kappa shape index (κ3) is 7.03. The van der Waals surface area contributed by atoms with Crippen molar-refractivity contribution in [3.05, 3.63) is 70.2 Å². The smallest absolute Gasteiger partial charge is 0.312 e. The van der Waals surface area contributed by atoms with E-state index in [1.54, 1.807) is 39.8 Å². The zero-order valence-corrected chi connectivity index (χ0v) is 29.6. The lowest BCUT2D eigenvalue weighted by atomic mass is 9.78. The van der Waals surface area contributed by atoms with Crippen molar-refractivity contribution < 1.29 is 58.2 Å². The Morgan fingerprint density at radius 2 is 1.60 bits per heavy atom. The van der Waals surface area contributed by atoms with E-state index >= 15 is 0 Å². The molecule has 0 radical (unpaired) electrons. The van der Waals surface area contributed by atoms with Gasteiger partial charge in [-0.15, -0.1) is 0 Å². The molecule has 0 spiro atoms. The molecule has 0 fully saturated rings. The van der Waals surface area contributed by atoms with E-state index in [0.717, 1.165) is 12.3 Å². The number of carbonyl (C=O) groups excluding carboxylic acids is 5. The molecule has 3 aliphatic heterocycles. The topological polar surface area (TPSA) is 195 Å². The lowest BCUT2D eigenvalue weighted by Crippen LogP contribution is -2.46. The van der Waals surface area contributed by atoms with Gasteiger partial charge in [0, 0.05) is 61.8 Å². The molecule has 9 atom stereocenters. The maximum atomic E-state index is 13.9. The number of benzene rings is 1. The minimum atomic E-state index is -2.03. The Morgan fingerprint density at radius 1 is 0.940 bits per heavy atom.